The lowest BCUT2D eigenvalue weighted by molar-refractivity contribution is -0.110. The summed E-state index contributed by atoms with van der Waals surface area (Å²) in [4.78, 5) is 12.8. The summed E-state index contributed by atoms with van der Waals surface area (Å²) in [6.07, 6.45) is 5.86. The van der Waals surface area contributed by atoms with Crippen LogP contribution in [0.15, 0.2) is 24.3 Å². The molecule has 6 heteroatoms. The molecule has 0 unspecified atom stereocenters. The topological polar surface area (TPSA) is 60.0 Å². The summed E-state index contributed by atoms with van der Waals surface area (Å²) < 4.78 is 17.4. The van der Waals surface area contributed by atoms with Gasteiger partial charge in [0.05, 0.1) is 18.8 Å². The third kappa shape index (κ3) is 5.69. The SMILES string of the molecule is COCCN1CCC(OC2CC(Oc3ccc(CNC=O)cc3)C2)CC1. The standard InChI is InChI=1S/C20H30N2O4/c1-24-11-10-22-8-6-18(7-9-22)26-20-12-19(13-20)25-17-4-2-16(3-5-17)14-21-15-23/h2-5,15,18-20H,6-14H2,1H3,(H,21,23). The van der Waals surface area contributed by atoms with Gasteiger partial charge in [0.1, 0.15) is 11.9 Å². The number of piperidine rings is 1. The molecule has 1 amide bonds. The Bertz CT molecular complexity index is 537. The quantitative estimate of drug-likeness (QED) is 0.645. The van der Waals surface area contributed by atoms with E-state index in [2.05, 4.69) is 10.2 Å². The second-order valence-electron chi connectivity index (χ2n) is 7.15. The number of rotatable bonds is 10. The molecule has 1 saturated carbocycles. The summed E-state index contributed by atoms with van der Waals surface area (Å²) in [5, 5.41) is 2.66. The van der Waals surface area contributed by atoms with Crippen molar-refractivity contribution in [3.63, 3.8) is 0 Å². The van der Waals surface area contributed by atoms with E-state index >= 15 is 0 Å². The van der Waals surface area contributed by atoms with Gasteiger partial charge in [-0.3, -0.25) is 4.79 Å². The summed E-state index contributed by atoms with van der Waals surface area (Å²) in [7, 11) is 1.75. The van der Waals surface area contributed by atoms with Crippen molar-refractivity contribution in [3.8, 4) is 5.75 Å². The van der Waals surface area contributed by atoms with Gasteiger partial charge < -0.3 is 24.4 Å². The molecule has 1 heterocycles. The van der Waals surface area contributed by atoms with E-state index in [9.17, 15) is 4.79 Å². The van der Waals surface area contributed by atoms with Gasteiger partial charge in [-0.25, -0.2) is 0 Å². The van der Waals surface area contributed by atoms with Gasteiger partial charge in [0.2, 0.25) is 6.41 Å². The van der Waals surface area contributed by atoms with Crippen LogP contribution in [0.1, 0.15) is 31.2 Å². The zero-order chi connectivity index (χ0) is 18.2. The fraction of sp³-hybridized carbons (Fsp3) is 0.650. The molecule has 144 valence electrons. The summed E-state index contributed by atoms with van der Waals surface area (Å²) in [5.74, 6) is 0.884. The number of amides is 1. The molecule has 1 aromatic carbocycles. The molecule has 0 spiro atoms. The molecule has 26 heavy (non-hydrogen) atoms. The summed E-state index contributed by atoms with van der Waals surface area (Å²) in [5.41, 5.74) is 1.07. The van der Waals surface area contributed by atoms with Crippen molar-refractivity contribution in [2.24, 2.45) is 0 Å². The third-order valence-corrected chi connectivity index (χ3v) is 5.20. The molecule has 0 aromatic heterocycles. The van der Waals surface area contributed by atoms with E-state index in [1.165, 1.54) is 0 Å². The van der Waals surface area contributed by atoms with Gasteiger partial charge in [-0.1, -0.05) is 12.1 Å². The van der Waals surface area contributed by atoms with Crippen molar-refractivity contribution in [1.82, 2.24) is 10.2 Å². The van der Waals surface area contributed by atoms with Crippen LogP contribution in [0.25, 0.3) is 0 Å². The minimum atomic E-state index is 0.251. The van der Waals surface area contributed by atoms with Crippen LogP contribution in [0, 0.1) is 0 Å². The van der Waals surface area contributed by atoms with Crippen LogP contribution >= 0.6 is 0 Å². The molecule has 1 aliphatic carbocycles. The molecular weight excluding hydrogens is 332 g/mol. The van der Waals surface area contributed by atoms with Gasteiger partial charge in [0.25, 0.3) is 0 Å². The fourth-order valence-corrected chi connectivity index (χ4v) is 3.52. The zero-order valence-electron chi connectivity index (χ0n) is 15.6. The van der Waals surface area contributed by atoms with Crippen molar-refractivity contribution >= 4 is 6.41 Å². The molecule has 6 nitrogen and oxygen atoms in total. The monoisotopic (exact) mass is 362 g/mol. The Kier molecular flexibility index (Phi) is 7.29. The molecule has 1 aromatic rings. The number of benzene rings is 1. The van der Waals surface area contributed by atoms with E-state index in [1.54, 1.807) is 7.11 Å². The lowest BCUT2D eigenvalue weighted by Gasteiger charge is -2.39. The van der Waals surface area contributed by atoms with Gasteiger partial charge in [-0.05, 0) is 30.5 Å². The minimum Gasteiger partial charge on any atom is -0.490 e. The first kappa shape index (κ1) is 19.1. The molecule has 1 N–H and O–H groups in total. The van der Waals surface area contributed by atoms with Crippen molar-refractivity contribution in [1.29, 1.82) is 0 Å². The lowest BCUT2D eigenvalue weighted by Crippen LogP contribution is -2.45. The largest absolute Gasteiger partial charge is 0.490 e. The first-order valence-corrected chi connectivity index (χ1v) is 9.56. The number of likely N-dealkylation sites (tertiary alicyclic amines) is 1. The minimum absolute atomic E-state index is 0.251. The maximum Gasteiger partial charge on any atom is 0.207 e. The molecule has 0 bridgehead atoms. The van der Waals surface area contributed by atoms with Crippen molar-refractivity contribution in [2.75, 3.05) is 33.4 Å². The number of nitrogens with zero attached hydrogens (tertiary/aromatic N) is 1. The molecular formula is C20H30N2O4. The molecule has 0 radical (unpaired) electrons. The number of nitrogens with one attached hydrogen (secondary N) is 1. The Hall–Kier alpha value is -1.63. The van der Waals surface area contributed by atoms with Crippen molar-refractivity contribution in [3.05, 3.63) is 29.8 Å². The number of carbonyl (C=O) groups excluding carboxylic acids is 1. The maximum absolute atomic E-state index is 10.3. The lowest BCUT2D eigenvalue weighted by atomic mass is 9.91. The van der Waals surface area contributed by atoms with Crippen LogP contribution in [-0.4, -0.2) is 63.0 Å². The highest BCUT2D eigenvalue weighted by Gasteiger charge is 2.34. The molecule has 2 aliphatic rings. The van der Waals surface area contributed by atoms with E-state index in [0.717, 1.165) is 63.2 Å². The summed E-state index contributed by atoms with van der Waals surface area (Å²) in [6.45, 7) is 4.58. The van der Waals surface area contributed by atoms with Gasteiger partial charge >= 0.3 is 0 Å². The number of hydrogen-bond donors (Lipinski definition) is 1. The van der Waals surface area contributed by atoms with Crippen LogP contribution in [0.3, 0.4) is 0 Å². The average molecular weight is 362 g/mol. The Labute approximate surface area is 155 Å². The van der Waals surface area contributed by atoms with Gasteiger partial charge in [-0.2, -0.15) is 0 Å². The first-order valence-electron chi connectivity index (χ1n) is 9.56. The number of methoxy groups -OCH3 is 1. The molecule has 1 aliphatic heterocycles. The van der Waals surface area contributed by atoms with Crippen LogP contribution in [-0.2, 0) is 20.8 Å². The maximum atomic E-state index is 10.3. The fourth-order valence-electron chi connectivity index (χ4n) is 3.52. The molecule has 0 atom stereocenters. The Morgan fingerprint density at radius 3 is 2.50 bits per heavy atom. The Morgan fingerprint density at radius 2 is 1.85 bits per heavy atom. The second-order valence-corrected chi connectivity index (χ2v) is 7.15. The molecule has 2 fully saturated rings. The Morgan fingerprint density at radius 1 is 1.12 bits per heavy atom. The van der Waals surface area contributed by atoms with Gasteiger partial charge in [0.15, 0.2) is 0 Å². The molecule has 3 rings (SSSR count). The number of ether oxygens (including phenoxy) is 3. The first-order chi connectivity index (χ1) is 12.8. The van der Waals surface area contributed by atoms with E-state index < -0.39 is 0 Å². The van der Waals surface area contributed by atoms with Crippen molar-refractivity contribution in [2.45, 2.75) is 50.5 Å². The Balaban J connectivity index is 1.30. The van der Waals surface area contributed by atoms with Crippen LogP contribution in [0.4, 0.5) is 0 Å². The second kappa shape index (κ2) is 9.90. The molecule has 1 saturated heterocycles. The van der Waals surface area contributed by atoms with Gasteiger partial charge in [0, 0.05) is 46.1 Å². The zero-order valence-corrected chi connectivity index (χ0v) is 15.6. The summed E-state index contributed by atoms with van der Waals surface area (Å²) >= 11 is 0. The highest BCUT2D eigenvalue weighted by molar-refractivity contribution is 5.46. The highest BCUT2D eigenvalue weighted by Crippen LogP contribution is 2.30. The number of carbonyl (C=O) groups is 1. The number of hydrogen-bond acceptors (Lipinski definition) is 5. The third-order valence-electron chi connectivity index (χ3n) is 5.20. The average Bonchev–Trinajstić information content (AvgIpc) is 2.65. The van der Waals surface area contributed by atoms with Gasteiger partial charge in [-0.15, -0.1) is 0 Å². The highest BCUT2D eigenvalue weighted by atomic mass is 16.5. The van der Waals surface area contributed by atoms with Crippen LogP contribution in [0.2, 0.25) is 0 Å². The van der Waals surface area contributed by atoms with E-state index in [1.807, 2.05) is 24.3 Å². The predicted molar refractivity (Wildman–Crippen MR) is 99.2 cm³/mol. The van der Waals surface area contributed by atoms with Crippen molar-refractivity contribution < 1.29 is 19.0 Å². The van der Waals surface area contributed by atoms with Crippen LogP contribution < -0.4 is 10.1 Å². The normalized spacial score (nSPS) is 24.0. The van der Waals surface area contributed by atoms with E-state index in [4.69, 9.17) is 14.2 Å². The van der Waals surface area contributed by atoms with E-state index in [-0.39, 0.29) is 6.10 Å². The summed E-state index contributed by atoms with van der Waals surface area (Å²) in [6, 6.07) is 7.89. The van der Waals surface area contributed by atoms with Crippen LogP contribution in [0.5, 0.6) is 5.75 Å². The predicted octanol–water partition coefficient (Wildman–Crippen LogP) is 1.97. The van der Waals surface area contributed by atoms with E-state index in [0.29, 0.717) is 25.2 Å². The smallest absolute Gasteiger partial charge is 0.207 e.